The van der Waals surface area contributed by atoms with Gasteiger partial charge in [-0.2, -0.15) is 0 Å². The van der Waals surface area contributed by atoms with Gasteiger partial charge < -0.3 is 9.84 Å². The first-order chi connectivity index (χ1) is 6.79. The Kier molecular flexibility index (Phi) is 2.87. The summed E-state index contributed by atoms with van der Waals surface area (Å²) in [6.45, 7) is 0.818. The number of rotatable bonds is 4. The van der Waals surface area contributed by atoms with Crippen LogP contribution in [0.3, 0.4) is 0 Å². The van der Waals surface area contributed by atoms with E-state index in [-0.39, 0.29) is 0 Å². The van der Waals surface area contributed by atoms with Gasteiger partial charge in [-0.3, -0.25) is 0 Å². The summed E-state index contributed by atoms with van der Waals surface area (Å²) in [5, 5.41) is 9.29. The van der Waals surface area contributed by atoms with Crippen LogP contribution in [0.15, 0.2) is 23.1 Å². The topological polar surface area (TPSA) is 29.5 Å². The lowest BCUT2D eigenvalue weighted by Crippen LogP contribution is -1.99. The highest BCUT2D eigenvalue weighted by molar-refractivity contribution is 7.98. The number of hydrogen-bond acceptors (Lipinski definition) is 3. The van der Waals surface area contributed by atoms with Gasteiger partial charge in [0.05, 0.1) is 11.5 Å². The van der Waals surface area contributed by atoms with Crippen molar-refractivity contribution >= 4 is 11.8 Å². The van der Waals surface area contributed by atoms with Crippen molar-refractivity contribution in [1.82, 2.24) is 0 Å². The first kappa shape index (κ1) is 9.71. The van der Waals surface area contributed by atoms with E-state index in [2.05, 4.69) is 0 Å². The lowest BCUT2D eigenvalue weighted by molar-refractivity contribution is 0.292. The van der Waals surface area contributed by atoms with Gasteiger partial charge in [0.25, 0.3) is 0 Å². The van der Waals surface area contributed by atoms with E-state index in [0.717, 1.165) is 23.2 Å². The Balaban J connectivity index is 2.05. The monoisotopic (exact) mass is 210 g/mol. The molecule has 2 nitrogen and oxygen atoms in total. The fraction of sp³-hybridized carbons (Fsp3) is 0.455. The summed E-state index contributed by atoms with van der Waals surface area (Å²) in [7, 11) is 0. The molecule has 1 aromatic rings. The zero-order valence-electron chi connectivity index (χ0n) is 8.19. The molecule has 2 rings (SSSR count). The van der Waals surface area contributed by atoms with Crippen LogP contribution in [0.5, 0.6) is 11.5 Å². The van der Waals surface area contributed by atoms with Gasteiger partial charge in [-0.1, -0.05) is 0 Å². The normalized spacial score (nSPS) is 15.5. The van der Waals surface area contributed by atoms with Crippen molar-refractivity contribution in [3.63, 3.8) is 0 Å². The minimum Gasteiger partial charge on any atom is -0.508 e. The van der Waals surface area contributed by atoms with Crippen molar-refractivity contribution in [1.29, 1.82) is 0 Å². The van der Waals surface area contributed by atoms with E-state index >= 15 is 0 Å². The summed E-state index contributed by atoms with van der Waals surface area (Å²) >= 11 is 1.60. The largest absolute Gasteiger partial charge is 0.508 e. The number of thioether (sulfide) groups is 1. The highest BCUT2D eigenvalue weighted by Crippen LogP contribution is 2.34. The van der Waals surface area contributed by atoms with Gasteiger partial charge in [-0.05, 0) is 43.2 Å². The minimum absolute atomic E-state index is 0.299. The first-order valence-electron chi connectivity index (χ1n) is 4.79. The molecule has 0 amide bonds. The molecule has 0 aromatic heterocycles. The van der Waals surface area contributed by atoms with Crippen LogP contribution in [-0.4, -0.2) is 18.0 Å². The lowest BCUT2D eigenvalue weighted by Gasteiger charge is -2.09. The van der Waals surface area contributed by atoms with Crippen LogP contribution in [0.2, 0.25) is 0 Å². The molecular weight excluding hydrogens is 196 g/mol. The Bertz CT molecular complexity index is 321. The average molecular weight is 210 g/mol. The SMILES string of the molecule is CSc1cc(O)ccc1OCC1CC1. The van der Waals surface area contributed by atoms with Gasteiger partial charge in [-0.25, -0.2) is 0 Å². The predicted octanol–water partition coefficient (Wildman–Crippen LogP) is 2.90. The maximum Gasteiger partial charge on any atom is 0.133 e. The van der Waals surface area contributed by atoms with Crippen LogP contribution in [0.4, 0.5) is 0 Å². The number of phenolic OH excluding ortho intramolecular Hbond substituents is 1. The van der Waals surface area contributed by atoms with Gasteiger partial charge >= 0.3 is 0 Å². The molecular formula is C11H14O2S. The second-order valence-corrected chi connectivity index (χ2v) is 4.44. The van der Waals surface area contributed by atoms with Crippen molar-refractivity contribution in [2.45, 2.75) is 17.7 Å². The van der Waals surface area contributed by atoms with Crippen molar-refractivity contribution in [2.75, 3.05) is 12.9 Å². The summed E-state index contributed by atoms with van der Waals surface area (Å²) in [6, 6.07) is 5.25. The Morgan fingerprint density at radius 1 is 1.50 bits per heavy atom. The number of aromatic hydroxyl groups is 1. The molecule has 14 heavy (non-hydrogen) atoms. The maximum atomic E-state index is 9.29. The Hall–Kier alpha value is -0.830. The molecule has 1 aliphatic carbocycles. The molecule has 0 heterocycles. The molecule has 1 aromatic carbocycles. The van der Waals surface area contributed by atoms with Gasteiger partial charge in [0.1, 0.15) is 11.5 Å². The van der Waals surface area contributed by atoms with Crippen LogP contribution in [0.25, 0.3) is 0 Å². The van der Waals surface area contributed by atoms with Crippen LogP contribution < -0.4 is 4.74 Å². The summed E-state index contributed by atoms with van der Waals surface area (Å²) < 4.78 is 5.68. The molecule has 0 bridgehead atoms. The summed E-state index contributed by atoms with van der Waals surface area (Å²) in [5.41, 5.74) is 0. The Labute approximate surface area is 88.3 Å². The molecule has 3 heteroatoms. The Morgan fingerprint density at radius 3 is 2.93 bits per heavy atom. The Morgan fingerprint density at radius 2 is 2.29 bits per heavy atom. The van der Waals surface area contributed by atoms with Crippen molar-refractivity contribution < 1.29 is 9.84 Å². The molecule has 1 N–H and O–H groups in total. The van der Waals surface area contributed by atoms with E-state index in [9.17, 15) is 5.11 Å². The standard InChI is InChI=1S/C11H14O2S/c1-14-11-6-9(12)4-5-10(11)13-7-8-2-3-8/h4-6,8,12H,2-3,7H2,1H3. The molecule has 0 saturated heterocycles. The summed E-state index contributed by atoms with van der Waals surface area (Å²) in [6.07, 6.45) is 4.58. The van der Waals surface area contributed by atoms with Crippen LogP contribution in [0.1, 0.15) is 12.8 Å². The summed E-state index contributed by atoms with van der Waals surface area (Å²) in [5.74, 6) is 1.95. The molecule has 0 radical (unpaired) electrons. The second kappa shape index (κ2) is 4.13. The van der Waals surface area contributed by atoms with E-state index in [4.69, 9.17) is 4.74 Å². The quantitative estimate of drug-likeness (QED) is 0.775. The zero-order chi connectivity index (χ0) is 9.97. The van der Waals surface area contributed by atoms with Crippen molar-refractivity contribution in [3.8, 4) is 11.5 Å². The van der Waals surface area contributed by atoms with E-state index in [1.165, 1.54) is 12.8 Å². The fourth-order valence-corrected chi connectivity index (χ4v) is 1.83. The van der Waals surface area contributed by atoms with Crippen molar-refractivity contribution in [3.05, 3.63) is 18.2 Å². The fourth-order valence-electron chi connectivity index (χ4n) is 1.27. The third-order valence-corrected chi connectivity index (χ3v) is 3.08. The third kappa shape index (κ3) is 2.35. The minimum atomic E-state index is 0.299. The van der Waals surface area contributed by atoms with E-state index < -0.39 is 0 Å². The smallest absolute Gasteiger partial charge is 0.133 e. The number of ether oxygens (including phenoxy) is 1. The van der Waals surface area contributed by atoms with Crippen LogP contribution in [-0.2, 0) is 0 Å². The number of benzene rings is 1. The molecule has 0 atom stereocenters. The summed E-state index contributed by atoms with van der Waals surface area (Å²) in [4.78, 5) is 1.01. The molecule has 76 valence electrons. The second-order valence-electron chi connectivity index (χ2n) is 3.59. The number of hydrogen-bond donors (Lipinski definition) is 1. The third-order valence-electron chi connectivity index (χ3n) is 2.32. The molecule has 0 aliphatic heterocycles. The molecule has 1 aliphatic rings. The molecule has 1 fully saturated rings. The first-order valence-corrected chi connectivity index (χ1v) is 6.02. The van der Waals surface area contributed by atoms with E-state index in [1.807, 2.05) is 12.3 Å². The van der Waals surface area contributed by atoms with Gasteiger partial charge in [-0.15, -0.1) is 11.8 Å². The van der Waals surface area contributed by atoms with Crippen molar-refractivity contribution in [2.24, 2.45) is 5.92 Å². The highest BCUT2D eigenvalue weighted by atomic mass is 32.2. The average Bonchev–Trinajstić information content (AvgIpc) is 2.99. The maximum absolute atomic E-state index is 9.29. The zero-order valence-corrected chi connectivity index (χ0v) is 9.01. The van der Waals surface area contributed by atoms with Gasteiger partial charge in [0.15, 0.2) is 0 Å². The molecule has 0 spiro atoms. The van der Waals surface area contributed by atoms with Crippen LogP contribution in [0, 0.1) is 5.92 Å². The lowest BCUT2D eigenvalue weighted by atomic mass is 10.3. The van der Waals surface area contributed by atoms with E-state index in [1.54, 1.807) is 23.9 Å². The molecule has 0 unspecified atom stereocenters. The number of phenols is 1. The van der Waals surface area contributed by atoms with E-state index in [0.29, 0.717) is 5.75 Å². The highest BCUT2D eigenvalue weighted by Gasteiger charge is 2.22. The van der Waals surface area contributed by atoms with Gasteiger partial charge in [0, 0.05) is 0 Å². The van der Waals surface area contributed by atoms with Crippen LogP contribution >= 0.6 is 11.8 Å². The predicted molar refractivity (Wildman–Crippen MR) is 58.1 cm³/mol. The molecule has 1 saturated carbocycles. The van der Waals surface area contributed by atoms with Gasteiger partial charge in [0.2, 0.25) is 0 Å².